The van der Waals surface area contributed by atoms with E-state index in [1.807, 2.05) is 18.2 Å². The second kappa shape index (κ2) is 12.5. The first kappa shape index (κ1) is 25.0. The second-order valence-corrected chi connectivity index (χ2v) is 6.09. The number of guanidine groups is 1. The van der Waals surface area contributed by atoms with Gasteiger partial charge in [0.15, 0.2) is 17.5 Å². The fourth-order valence-corrected chi connectivity index (χ4v) is 2.45. The van der Waals surface area contributed by atoms with Crippen molar-refractivity contribution in [2.45, 2.75) is 13.1 Å². The van der Waals surface area contributed by atoms with Crippen LogP contribution in [0.3, 0.4) is 0 Å². The number of carbonyl (C=O) groups excluding carboxylic acids is 2. The lowest BCUT2D eigenvalue weighted by atomic mass is 10.1. The summed E-state index contributed by atoms with van der Waals surface area (Å²) >= 11 is 0. The van der Waals surface area contributed by atoms with Crippen LogP contribution in [0.1, 0.15) is 21.5 Å². The summed E-state index contributed by atoms with van der Waals surface area (Å²) in [6.07, 6.45) is 0. The Hall–Kier alpha value is -3.02. The molecule has 0 aliphatic rings. The van der Waals surface area contributed by atoms with E-state index in [2.05, 4.69) is 15.6 Å². The number of halogens is 1. The molecule has 0 heterocycles. The van der Waals surface area contributed by atoms with E-state index in [0.717, 1.165) is 11.1 Å². The molecule has 0 aliphatic heterocycles. The van der Waals surface area contributed by atoms with Crippen LogP contribution in [0.5, 0.6) is 11.5 Å². The molecule has 2 amide bonds. The summed E-state index contributed by atoms with van der Waals surface area (Å²) in [5.74, 6) is 0.620. The molecule has 0 bridgehead atoms. The molecular formula is C20H26IN5O4. The van der Waals surface area contributed by atoms with Crippen molar-refractivity contribution in [2.24, 2.45) is 16.5 Å². The predicted molar refractivity (Wildman–Crippen MR) is 125 cm³/mol. The first-order valence-corrected chi connectivity index (χ1v) is 8.83. The Bertz CT molecular complexity index is 887. The average molecular weight is 527 g/mol. The first-order chi connectivity index (χ1) is 13.9. The summed E-state index contributed by atoms with van der Waals surface area (Å²) in [5, 5.41) is 5.45. The molecule has 2 rings (SSSR count). The highest BCUT2D eigenvalue weighted by Crippen LogP contribution is 2.27. The van der Waals surface area contributed by atoms with E-state index in [1.165, 1.54) is 0 Å². The van der Waals surface area contributed by atoms with E-state index in [4.69, 9.17) is 20.9 Å². The highest BCUT2D eigenvalue weighted by atomic mass is 127. The van der Waals surface area contributed by atoms with Crippen molar-refractivity contribution in [2.75, 3.05) is 20.8 Å². The number of rotatable bonds is 9. The molecular weight excluding hydrogens is 501 g/mol. The van der Waals surface area contributed by atoms with Gasteiger partial charge in [0.25, 0.3) is 5.91 Å². The molecule has 0 saturated heterocycles. The summed E-state index contributed by atoms with van der Waals surface area (Å²) in [6, 6.07) is 12.4. The zero-order valence-electron chi connectivity index (χ0n) is 16.8. The summed E-state index contributed by atoms with van der Waals surface area (Å²) in [6.45, 7) is 0.637. The Labute approximate surface area is 192 Å². The molecule has 0 aliphatic carbocycles. The minimum atomic E-state index is -0.595. The summed E-state index contributed by atoms with van der Waals surface area (Å²) in [4.78, 5) is 26.9. The van der Waals surface area contributed by atoms with Crippen molar-refractivity contribution in [3.63, 3.8) is 0 Å². The molecule has 162 valence electrons. The lowest BCUT2D eigenvalue weighted by Crippen LogP contribution is -2.33. The number of hydrogen-bond acceptors (Lipinski definition) is 5. The van der Waals surface area contributed by atoms with Crippen LogP contribution in [0.25, 0.3) is 0 Å². The zero-order valence-corrected chi connectivity index (χ0v) is 19.1. The quantitative estimate of drug-likeness (QED) is 0.219. The molecule has 0 radical (unpaired) electrons. The molecule has 0 saturated carbocycles. The molecule has 2 aromatic carbocycles. The Morgan fingerprint density at radius 2 is 1.57 bits per heavy atom. The second-order valence-electron chi connectivity index (χ2n) is 6.09. The monoisotopic (exact) mass is 527 g/mol. The molecule has 0 atom stereocenters. The van der Waals surface area contributed by atoms with Crippen molar-refractivity contribution in [3.8, 4) is 11.5 Å². The maximum Gasteiger partial charge on any atom is 0.251 e. The van der Waals surface area contributed by atoms with Gasteiger partial charge in [0.05, 0.1) is 27.3 Å². The van der Waals surface area contributed by atoms with Crippen LogP contribution in [0.4, 0.5) is 0 Å². The Kier molecular flexibility index (Phi) is 10.4. The third kappa shape index (κ3) is 7.78. The van der Waals surface area contributed by atoms with Gasteiger partial charge < -0.3 is 31.6 Å². The van der Waals surface area contributed by atoms with Gasteiger partial charge in [-0.1, -0.05) is 18.2 Å². The number of aliphatic imine (C=N–C) groups is 1. The van der Waals surface area contributed by atoms with Crippen LogP contribution in [0.2, 0.25) is 0 Å². The van der Waals surface area contributed by atoms with E-state index in [1.54, 1.807) is 38.5 Å². The van der Waals surface area contributed by atoms with Crippen molar-refractivity contribution in [3.05, 3.63) is 59.2 Å². The van der Waals surface area contributed by atoms with E-state index in [9.17, 15) is 9.59 Å². The number of methoxy groups -OCH3 is 2. The molecule has 0 unspecified atom stereocenters. The van der Waals surface area contributed by atoms with Crippen molar-refractivity contribution >= 4 is 41.8 Å². The number of nitrogens with one attached hydrogen (secondary N) is 2. The summed E-state index contributed by atoms with van der Waals surface area (Å²) in [5.41, 5.74) is 13.2. The van der Waals surface area contributed by atoms with E-state index >= 15 is 0 Å². The van der Waals surface area contributed by atoms with E-state index in [0.29, 0.717) is 36.1 Å². The molecule has 0 spiro atoms. The Morgan fingerprint density at radius 3 is 2.17 bits per heavy atom. The maximum absolute atomic E-state index is 11.8. The van der Waals surface area contributed by atoms with Gasteiger partial charge in [0, 0.05) is 12.1 Å². The topological polar surface area (TPSA) is 141 Å². The smallest absolute Gasteiger partial charge is 0.251 e. The van der Waals surface area contributed by atoms with Crippen LogP contribution >= 0.6 is 24.0 Å². The number of carbonyl (C=O) groups is 2. The number of nitrogens with two attached hydrogens (primary N) is 2. The number of hydrogen-bond donors (Lipinski definition) is 4. The van der Waals surface area contributed by atoms with Gasteiger partial charge in [-0.2, -0.15) is 0 Å². The lowest BCUT2D eigenvalue weighted by molar-refractivity contribution is -0.117. The van der Waals surface area contributed by atoms with Crippen molar-refractivity contribution in [1.82, 2.24) is 10.6 Å². The van der Waals surface area contributed by atoms with Crippen LogP contribution in [0, 0.1) is 0 Å². The van der Waals surface area contributed by atoms with Crippen molar-refractivity contribution in [1.29, 1.82) is 0 Å². The zero-order chi connectivity index (χ0) is 21.2. The minimum absolute atomic E-state index is 0. The average Bonchev–Trinajstić information content (AvgIpc) is 2.74. The first-order valence-electron chi connectivity index (χ1n) is 8.83. The normalized spacial score (nSPS) is 10.5. The number of benzene rings is 2. The van der Waals surface area contributed by atoms with E-state index < -0.39 is 5.91 Å². The van der Waals surface area contributed by atoms with E-state index in [-0.39, 0.29) is 36.4 Å². The SMILES string of the molecule is COc1ccc(CN=C(N)NCc2ccc(C(=O)NCC(N)=O)cc2)cc1OC.I. The fraction of sp³-hybridized carbons (Fsp3) is 0.250. The molecule has 9 nitrogen and oxygen atoms in total. The van der Waals surface area contributed by atoms with Gasteiger partial charge >= 0.3 is 0 Å². The Balaban J connectivity index is 0.00000450. The Morgan fingerprint density at radius 1 is 0.933 bits per heavy atom. The van der Waals surface area contributed by atoms with Gasteiger partial charge in [-0.15, -0.1) is 24.0 Å². The molecule has 0 aromatic heterocycles. The third-order valence-corrected chi connectivity index (χ3v) is 3.99. The number of nitrogens with zero attached hydrogens (tertiary/aromatic N) is 1. The number of ether oxygens (including phenoxy) is 2. The number of amides is 2. The molecule has 2 aromatic rings. The number of primary amides is 1. The van der Waals surface area contributed by atoms with Crippen LogP contribution in [-0.2, 0) is 17.9 Å². The van der Waals surface area contributed by atoms with Gasteiger partial charge in [0.1, 0.15) is 0 Å². The lowest BCUT2D eigenvalue weighted by Gasteiger charge is -2.09. The maximum atomic E-state index is 11.8. The highest BCUT2D eigenvalue weighted by Gasteiger charge is 2.07. The molecule has 30 heavy (non-hydrogen) atoms. The van der Waals surface area contributed by atoms with Gasteiger partial charge in [-0.25, -0.2) is 4.99 Å². The molecule has 6 N–H and O–H groups in total. The summed E-state index contributed by atoms with van der Waals surface area (Å²) < 4.78 is 10.5. The van der Waals surface area contributed by atoms with Crippen molar-refractivity contribution < 1.29 is 19.1 Å². The van der Waals surface area contributed by atoms with Gasteiger partial charge in [0.2, 0.25) is 5.91 Å². The highest BCUT2D eigenvalue weighted by molar-refractivity contribution is 14.0. The van der Waals surface area contributed by atoms with Crippen LogP contribution in [0.15, 0.2) is 47.5 Å². The largest absolute Gasteiger partial charge is 0.493 e. The third-order valence-electron chi connectivity index (χ3n) is 3.99. The summed E-state index contributed by atoms with van der Waals surface area (Å²) in [7, 11) is 3.16. The van der Waals surface area contributed by atoms with Crippen LogP contribution in [-0.4, -0.2) is 38.5 Å². The standard InChI is InChI=1S/C20H25N5O4.HI/c1-28-16-8-5-14(9-17(16)29-2)11-25-20(22)24-10-13-3-6-15(7-4-13)19(27)23-12-18(21)26;/h3-9H,10-12H2,1-2H3,(H2,21,26)(H,23,27)(H3,22,24,25);1H. The van der Waals surface area contributed by atoms with Crippen LogP contribution < -0.4 is 31.6 Å². The van der Waals surface area contributed by atoms with Gasteiger partial charge in [-0.05, 0) is 35.4 Å². The van der Waals surface area contributed by atoms with Gasteiger partial charge in [-0.3, -0.25) is 9.59 Å². The molecule has 0 fully saturated rings. The fourth-order valence-electron chi connectivity index (χ4n) is 2.45. The predicted octanol–water partition coefficient (Wildman–Crippen LogP) is 1.14. The minimum Gasteiger partial charge on any atom is -0.493 e. The molecule has 10 heteroatoms.